The zero-order valence-corrected chi connectivity index (χ0v) is 10.7. The van der Waals surface area contributed by atoms with Crippen LogP contribution in [0.1, 0.15) is 27.2 Å². The summed E-state index contributed by atoms with van der Waals surface area (Å²) in [6, 6.07) is 1.07. The quantitative estimate of drug-likeness (QED) is 0.559. The van der Waals surface area contributed by atoms with Crippen LogP contribution in [-0.2, 0) is 4.74 Å². The minimum absolute atomic E-state index is 0.345. The van der Waals surface area contributed by atoms with Crippen LogP contribution in [-0.4, -0.2) is 49.3 Å². The van der Waals surface area contributed by atoms with Crippen LogP contribution in [0.15, 0.2) is 0 Å². The third-order valence-electron chi connectivity index (χ3n) is 3.21. The highest BCUT2D eigenvalue weighted by molar-refractivity contribution is 4.88. The Morgan fingerprint density at radius 1 is 1.62 bits per heavy atom. The first kappa shape index (κ1) is 13.5. The molecule has 1 aliphatic rings. The van der Waals surface area contributed by atoms with Gasteiger partial charge >= 0.3 is 0 Å². The van der Waals surface area contributed by atoms with Crippen molar-refractivity contribution in [1.29, 1.82) is 0 Å². The molecule has 1 rings (SSSR count). The van der Waals surface area contributed by atoms with Gasteiger partial charge in [-0.05, 0) is 20.3 Å². The van der Waals surface area contributed by atoms with Gasteiger partial charge in [0.15, 0.2) is 0 Å². The normalized spacial score (nSPS) is 28.6. The molecule has 0 amide bonds. The van der Waals surface area contributed by atoms with Gasteiger partial charge in [-0.2, -0.15) is 0 Å². The third-order valence-corrected chi connectivity index (χ3v) is 3.21. The van der Waals surface area contributed by atoms with Crippen LogP contribution < -0.4 is 5.32 Å². The number of morpholine rings is 1. The number of rotatable bonds is 5. The molecule has 0 aromatic carbocycles. The van der Waals surface area contributed by atoms with Gasteiger partial charge in [0.25, 0.3) is 0 Å². The van der Waals surface area contributed by atoms with E-state index in [9.17, 15) is 0 Å². The van der Waals surface area contributed by atoms with Crippen LogP contribution in [0.5, 0.6) is 0 Å². The molecule has 0 aliphatic carbocycles. The van der Waals surface area contributed by atoms with Gasteiger partial charge in [0.2, 0.25) is 0 Å². The maximum absolute atomic E-state index is 5.69. The summed E-state index contributed by atoms with van der Waals surface area (Å²) in [6.45, 7) is 10.1. The molecule has 1 fully saturated rings. The molecule has 3 nitrogen and oxygen atoms in total. The largest absolute Gasteiger partial charge is 0.376 e. The molecule has 3 heteroatoms. The molecule has 0 bridgehead atoms. The van der Waals surface area contributed by atoms with Crippen LogP contribution in [0.2, 0.25) is 0 Å². The number of nitrogens with one attached hydrogen (secondary N) is 1. The van der Waals surface area contributed by atoms with Crippen molar-refractivity contribution in [3.63, 3.8) is 0 Å². The summed E-state index contributed by atoms with van der Waals surface area (Å²) in [4.78, 5) is 2.54. The first-order valence-electron chi connectivity index (χ1n) is 6.20. The van der Waals surface area contributed by atoms with E-state index >= 15 is 0 Å². The highest BCUT2D eigenvalue weighted by Gasteiger charge is 2.28. The van der Waals surface area contributed by atoms with E-state index in [-0.39, 0.29) is 0 Å². The molecule has 92 valence electrons. The summed E-state index contributed by atoms with van der Waals surface area (Å²) < 4.78 is 5.69. The van der Waals surface area contributed by atoms with E-state index in [0.717, 1.165) is 26.1 Å². The predicted molar refractivity (Wildman–Crippen MR) is 67.4 cm³/mol. The van der Waals surface area contributed by atoms with E-state index in [1.165, 1.54) is 0 Å². The lowest BCUT2D eigenvalue weighted by molar-refractivity contribution is -0.0693. The van der Waals surface area contributed by atoms with Crippen LogP contribution in [0.4, 0.5) is 0 Å². The molecule has 1 heterocycles. The molecule has 0 aromatic heterocycles. The number of hydrogen-bond donors (Lipinski definition) is 1. The van der Waals surface area contributed by atoms with Gasteiger partial charge in [0.05, 0.1) is 19.3 Å². The van der Waals surface area contributed by atoms with Gasteiger partial charge in [-0.1, -0.05) is 12.8 Å². The van der Waals surface area contributed by atoms with Crippen LogP contribution in [0.3, 0.4) is 0 Å². The molecule has 0 aromatic rings. The Hall–Kier alpha value is -0.560. The lowest BCUT2D eigenvalue weighted by Gasteiger charge is -2.42. The Bertz CT molecular complexity index is 237. The van der Waals surface area contributed by atoms with Crippen molar-refractivity contribution < 1.29 is 4.74 Å². The second-order valence-electron chi connectivity index (χ2n) is 4.59. The minimum Gasteiger partial charge on any atom is -0.376 e. The third kappa shape index (κ3) is 3.79. The standard InChI is InChI=1S/C13H24N2O/c1-5-7-14-8-11(3)15-9-12(4)16-10-13(15)6-2/h1,11-14H,6-10H2,2-4H3. The Morgan fingerprint density at radius 3 is 3.00 bits per heavy atom. The van der Waals surface area contributed by atoms with Gasteiger partial charge in [-0.25, -0.2) is 0 Å². The van der Waals surface area contributed by atoms with E-state index in [1.54, 1.807) is 0 Å². The summed E-state index contributed by atoms with van der Waals surface area (Å²) in [5.74, 6) is 2.61. The van der Waals surface area contributed by atoms with Crippen LogP contribution in [0.25, 0.3) is 0 Å². The molecule has 16 heavy (non-hydrogen) atoms. The lowest BCUT2D eigenvalue weighted by Crippen LogP contribution is -2.54. The fourth-order valence-corrected chi connectivity index (χ4v) is 2.23. The van der Waals surface area contributed by atoms with Gasteiger partial charge in [-0.15, -0.1) is 6.42 Å². The summed E-state index contributed by atoms with van der Waals surface area (Å²) in [7, 11) is 0. The van der Waals surface area contributed by atoms with Crippen LogP contribution in [0, 0.1) is 12.3 Å². The molecule has 0 saturated carbocycles. The maximum atomic E-state index is 5.69. The molecule has 0 radical (unpaired) electrons. The molecule has 1 aliphatic heterocycles. The Labute approximate surface area is 99.5 Å². The number of nitrogens with zero attached hydrogens (tertiary/aromatic N) is 1. The monoisotopic (exact) mass is 224 g/mol. The van der Waals surface area contributed by atoms with Crippen molar-refractivity contribution in [3.8, 4) is 12.3 Å². The van der Waals surface area contributed by atoms with Crippen molar-refractivity contribution in [3.05, 3.63) is 0 Å². The highest BCUT2D eigenvalue weighted by Crippen LogP contribution is 2.17. The Morgan fingerprint density at radius 2 is 2.38 bits per heavy atom. The summed E-state index contributed by atoms with van der Waals surface area (Å²) >= 11 is 0. The van der Waals surface area contributed by atoms with Crippen molar-refractivity contribution in [2.75, 3.05) is 26.2 Å². The number of hydrogen-bond acceptors (Lipinski definition) is 3. The SMILES string of the molecule is C#CCNCC(C)N1CC(C)OCC1CC. The summed E-state index contributed by atoms with van der Waals surface area (Å²) in [5, 5.41) is 3.27. The van der Waals surface area contributed by atoms with Gasteiger partial charge < -0.3 is 10.1 Å². The van der Waals surface area contributed by atoms with Crippen molar-refractivity contribution in [2.24, 2.45) is 0 Å². The predicted octanol–water partition coefficient (Wildman–Crippen LogP) is 1.10. The fraction of sp³-hybridized carbons (Fsp3) is 0.846. The molecule has 3 unspecified atom stereocenters. The average molecular weight is 224 g/mol. The van der Waals surface area contributed by atoms with Crippen molar-refractivity contribution in [2.45, 2.75) is 45.4 Å². The minimum atomic E-state index is 0.345. The van der Waals surface area contributed by atoms with Crippen molar-refractivity contribution >= 4 is 0 Å². The highest BCUT2D eigenvalue weighted by atomic mass is 16.5. The number of ether oxygens (including phenoxy) is 1. The van der Waals surface area contributed by atoms with E-state index in [2.05, 4.69) is 36.9 Å². The van der Waals surface area contributed by atoms with Crippen molar-refractivity contribution in [1.82, 2.24) is 10.2 Å². The molecule has 0 spiro atoms. The van der Waals surface area contributed by atoms with Crippen LogP contribution >= 0.6 is 0 Å². The first-order chi connectivity index (χ1) is 7.69. The second kappa shape index (κ2) is 6.90. The van der Waals surface area contributed by atoms with E-state index in [4.69, 9.17) is 11.2 Å². The number of terminal acetylenes is 1. The van der Waals surface area contributed by atoms with E-state index in [1.807, 2.05) is 0 Å². The lowest BCUT2D eigenvalue weighted by atomic mass is 10.1. The Kier molecular flexibility index (Phi) is 5.83. The zero-order valence-electron chi connectivity index (χ0n) is 10.7. The summed E-state index contributed by atoms with van der Waals surface area (Å²) in [5.41, 5.74) is 0. The topological polar surface area (TPSA) is 24.5 Å². The van der Waals surface area contributed by atoms with Gasteiger partial charge in [0, 0.05) is 25.2 Å². The first-order valence-corrected chi connectivity index (χ1v) is 6.20. The Balaban J connectivity index is 2.43. The zero-order chi connectivity index (χ0) is 12.0. The summed E-state index contributed by atoms with van der Waals surface area (Å²) in [6.07, 6.45) is 6.71. The van der Waals surface area contributed by atoms with Gasteiger partial charge in [-0.3, -0.25) is 4.90 Å². The van der Waals surface area contributed by atoms with E-state index in [0.29, 0.717) is 24.7 Å². The molecule has 1 N–H and O–H groups in total. The molecule has 1 saturated heterocycles. The smallest absolute Gasteiger partial charge is 0.0674 e. The maximum Gasteiger partial charge on any atom is 0.0674 e. The molecular formula is C13H24N2O. The second-order valence-corrected chi connectivity index (χ2v) is 4.59. The molecule has 3 atom stereocenters. The molecular weight excluding hydrogens is 200 g/mol. The van der Waals surface area contributed by atoms with Gasteiger partial charge in [0.1, 0.15) is 0 Å². The van der Waals surface area contributed by atoms with E-state index < -0.39 is 0 Å². The average Bonchev–Trinajstić information content (AvgIpc) is 2.29. The fourth-order valence-electron chi connectivity index (χ4n) is 2.23.